The van der Waals surface area contributed by atoms with Crippen LogP contribution >= 0.6 is 0 Å². The van der Waals surface area contributed by atoms with Gasteiger partial charge in [-0.15, -0.1) is 0 Å². The molecule has 96 valence electrons. The van der Waals surface area contributed by atoms with Gasteiger partial charge in [0.2, 0.25) is 10.0 Å². The molecule has 0 atom stereocenters. The summed E-state index contributed by atoms with van der Waals surface area (Å²) in [4.78, 5) is 10.7. The Morgan fingerprint density at radius 2 is 1.82 bits per heavy atom. The number of nitrogens with one attached hydrogen (secondary N) is 1. The van der Waals surface area contributed by atoms with Crippen molar-refractivity contribution in [3.63, 3.8) is 0 Å². The van der Waals surface area contributed by atoms with Gasteiger partial charge in [-0.2, -0.15) is 0 Å². The van der Waals surface area contributed by atoms with Gasteiger partial charge < -0.3 is 9.52 Å². The first kappa shape index (κ1) is 13.7. The highest BCUT2D eigenvalue weighted by molar-refractivity contribution is 7.89. The highest BCUT2D eigenvalue weighted by atomic mass is 32.2. The number of rotatable bonds is 4. The maximum absolute atomic E-state index is 12.0. The van der Waals surface area contributed by atoms with E-state index < -0.39 is 16.0 Å². The fraction of sp³-hybridized carbons (Fsp3) is 0.500. The van der Waals surface area contributed by atoms with Crippen LogP contribution in [0.2, 0.25) is 0 Å². The molecule has 0 aliphatic heterocycles. The van der Waals surface area contributed by atoms with Crippen LogP contribution < -0.4 is 4.72 Å². The molecule has 6 nitrogen and oxygen atoms in total. The molecule has 0 saturated carbocycles. The molecular formula is C10H15NO5S. The largest absolute Gasteiger partial charge is 0.478 e. The minimum absolute atomic E-state index is 0.0769. The molecule has 0 saturated heterocycles. The molecule has 0 aliphatic carbocycles. The third kappa shape index (κ3) is 2.67. The summed E-state index contributed by atoms with van der Waals surface area (Å²) >= 11 is 0. The van der Waals surface area contributed by atoms with E-state index in [0.717, 1.165) is 0 Å². The molecule has 0 spiro atoms. The van der Waals surface area contributed by atoms with E-state index in [9.17, 15) is 13.2 Å². The minimum Gasteiger partial charge on any atom is -0.478 e. The third-order valence-electron chi connectivity index (χ3n) is 2.08. The average molecular weight is 261 g/mol. The number of carboxylic acids is 1. The minimum atomic E-state index is -3.87. The van der Waals surface area contributed by atoms with Crippen molar-refractivity contribution in [2.45, 2.75) is 38.6 Å². The van der Waals surface area contributed by atoms with Crippen molar-refractivity contribution in [3.05, 3.63) is 17.1 Å². The summed E-state index contributed by atoms with van der Waals surface area (Å²) in [5.41, 5.74) is -0.310. The van der Waals surface area contributed by atoms with Crippen LogP contribution in [0.1, 0.15) is 35.7 Å². The lowest BCUT2D eigenvalue weighted by Gasteiger charge is -2.09. The third-order valence-corrected chi connectivity index (χ3v) is 3.89. The van der Waals surface area contributed by atoms with Crippen molar-refractivity contribution < 1.29 is 22.7 Å². The SMILES string of the molecule is Cc1oc(C)c(S(=O)(=O)NC(C)C)c1C(=O)O. The highest BCUT2D eigenvalue weighted by Crippen LogP contribution is 2.26. The summed E-state index contributed by atoms with van der Waals surface area (Å²) in [5.74, 6) is -1.16. The molecule has 1 aromatic heterocycles. The van der Waals surface area contributed by atoms with E-state index in [2.05, 4.69) is 4.72 Å². The van der Waals surface area contributed by atoms with Crippen molar-refractivity contribution in [1.29, 1.82) is 0 Å². The van der Waals surface area contributed by atoms with Gasteiger partial charge in [-0.05, 0) is 27.7 Å². The average Bonchev–Trinajstić information content (AvgIpc) is 2.38. The number of carbonyl (C=O) groups is 1. The molecule has 0 aromatic carbocycles. The van der Waals surface area contributed by atoms with E-state index in [1.807, 2.05) is 0 Å². The first-order valence-electron chi connectivity index (χ1n) is 5.02. The Balaban J connectivity index is 3.46. The van der Waals surface area contributed by atoms with Crippen molar-refractivity contribution in [2.75, 3.05) is 0 Å². The molecule has 0 amide bonds. The molecule has 0 radical (unpaired) electrons. The van der Waals surface area contributed by atoms with Crippen LogP contribution in [0.4, 0.5) is 0 Å². The van der Waals surface area contributed by atoms with Crippen LogP contribution in [-0.2, 0) is 10.0 Å². The summed E-state index contributed by atoms with van der Waals surface area (Å²) < 4.78 is 31.3. The van der Waals surface area contributed by atoms with Crippen LogP contribution in [0.5, 0.6) is 0 Å². The fourth-order valence-electron chi connectivity index (χ4n) is 1.60. The maximum Gasteiger partial charge on any atom is 0.340 e. The molecule has 0 aliphatic rings. The lowest BCUT2D eigenvalue weighted by atomic mass is 10.2. The van der Waals surface area contributed by atoms with Crippen LogP contribution in [0.25, 0.3) is 0 Å². The van der Waals surface area contributed by atoms with Gasteiger partial charge >= 0.3 is 5.97 Å². The van der Waals surface area contributed by atoms with Gasteiger partial charge in [0, 0.05) is 6.04 Å². The number of aryl methyl sites for hydroxylation is 2. The topological polar surface area (TPSA) is 96.6 Å². The van der Waals surface area contributed by atoms with Gasteiger partial charge in [-0.3, -0.25) is 0 Å². The quantitative estimate of drug-likeness (QED) is 0.851. The summed E-state index contributed by atoms with van der Waals surface area (Å²) in [6, 6.07) is -0.323. The molecule has 1 heterocycles. The second-order valence-electron chi connectivity index (χ2n) is 4.00. The highest BCUT2D eigenvalue weighted by Gasteiger charge is 2.30. The predicted octanol–water partition coefficient (Wildman–Crippen LogP) is 1.28. The summed E-state index contributed by atoms with van der Waals surface area (Å²) in [5, 5.41) is 9.01. The van der Waals surface area contributed by atoms with Gasteiger partial charge in [0.15, 0.2) is 0 Å². The van der Waals surface area contributed by atoms with Crippen molar-refractivity contribution in [1.82, 2.24) is 4.72 Å². The number of furan rings is 1. The zero-order valence-corrected chi connectivity index (χ0v) is 10.9. The molecule has 2 N–H and O–H groups in total. The lowest BCUT2D eigenvalue weighted by Crippen LogP contribution is -2.31. The Labute approximate surface area is 99.7 Å². The Hall–Kier alpha value is -1.34. The molecule has 0 unspecified atom stereocenters. The number of hydrogen-bond acceptors (Lipinski definition) is 4. The van der Waals surface area contributed by atoms with Crippen LogP contribution in [0.15, 0.2) is 9.31 Å². The fourth-order valence-corrected chi connectivity index (χ4v) is 3.26. The van der Waals surface area contributed by atoms with Crippen LogP contribution in [0.3, 0.4) is 0 Å². The Morgan fingerprint density at radius 3 is 2.24 bits per heavy atom. The molecule has 0 bridgehead atoms. The molecule has 1 aromatic rings. The Bertz CT molecular complexity index is 541. The molecule has 17 heavy (non-hydrogen) atoms. The first-order chi connectivity index (χ1) is 7.66. The normalized spacial score (nSPS) is 12.1. The predicted molar refractivity (Wildman–Crippen MR) is 60.6 cm³/mol. The van der Waals surface area contributed by atoms with Gasteiger partial charge in [0.25, 0.3) is 0 Å². The number of hydrogen-bond donors (Lipinski definition) is 2. The lowest BCUT2D eigenvalue weighted by molar-refractivity contribution is 0.0691. The van der Waals surface area contributed by atoms with Crippen molar-refractivity contribution in [3.8, 4) is 0 Å². The second kappa shape index (κ2) is 4.50. The number of carboxylic acid groups (broad SMARTS) is 1. The van der Waals surface area contributed by atoms with Crippen LogP contribution in [0, 0.1) is 13.8 Å². The molecule has 7 heteroatoms. The maximum atomic E-state index is 12.0. The molecule has 1 rings (SSSR count). The Morgan fingerprint density at radius 1 is 1.29 bits per heavy atom. The van der Waals surface area contributed by atoms with Crippen molar-refractivity contribution >= 4 is 16.0 Å². The first-order valence-corrected chi connectivity index (χ1v) is 6.50. The smallest absolute Gasteiger partial charge is 0.340 e. The number of sulfonamides is 1. The van der Waals surface area contributed by atoms with Gasteiger partial charge in [-0.1, -0.05) is 0 Å². The van der Waals surface area contributed by atoms with E-state index in [-0.39, 0.29) is 28.0 Å². The van der Waals surface area contributed by atoms with E-state index in [1.54, 1.807) is 13.8 Å². The van der Waals surface area contributed by atoms with E-state index >= 15 is 0 Å². The van der Waals surface area contributed by atoms with E-state index in [0.29, 0.717) is 0 Å². The van der Waals surface area contributed by atoms with Crippen molar-refractivity contribution in [2.24, 2.45) is 0 Å². The summed E-state index contributed by atoms with van der Waals surface area (Å²) in [6.07, 6.45) is 0. The Kier molecular flexibility index (Phi) is 3.63. The molecule has 0 fully saturated rings. The summed E-state index contributed by atoms with van der Waals surface area (Å²) in [6.45, 7) is 6.15. The van der Waals surface area contributed by atoms with E-state index in [4.69, 9.17) is 9.52 Å². The van der Waals surface area contributed by atoms with Gasteiger partial charge in [0.05, 0.1) is 0 Å². The zero-order valence-electron chi connectivity index (χ0n) is 10.1. The van der Waals surface area contributed by atoms with Gasteiger partial charge in [-0.25, -0.2) is 17.9 Å². The number of aromatic carboxylic acids is 1. The standard InChI is InChI=1S/C10H15NO5S/c1-5(2)11-17(14,15)9-7(4)16-6(3)8(9)10(12)13/h5,11H,1-4H3,(H,12,13). The summed E-state index contributed by atoms with van der Waals surface area (Å²) in [7, 11) is -3.87. The van der Waals surface area contributed by atoms with E-state index in [1.165, 1.54) is 13.8 Å². The monoisotopic (exact) mass is 261 g/mol. The zero-order chi connectivity index (χ0) is 13.4. The molecular weight excluding hydrogens is 246 g/mol. The second-order valence-corrected chi connectivity index (χ2v) is 5.65. The van der Waals surface area contributed by atoms with Crippen LogP contribution in [-0.4, -0.2) is 25.5 Å². The van der Waals surface area contributed by atoms with Gasteiger partial charge in [0.1, 0.15) is 22.0 Å².